The summed E-state index contributed by atoms with van der Waals surface area (Å²) in [6, 6.07) is 13.3. The SMILES string of the molecule is COc1ncc(-c2ccc(NC(=O)NCc3ccccc3)nc2)cn1. The van der Waals surface area contributed by atoms with Gasteiger partial charge in [-0.25, -0.2) is 19.7 Å². The second-order valence-corrected chi connectivity index (χ2v) is 5.18. The van der Waals surface area contributed by atoms with Crippen LogP contribution in [0.1, 0.15) is 5.56 Å². The summed E-state index contributed by atoms with van der Waals surface area (Å²) in [5.74, 6) is 0.462. The van der Waals surface area contributed by atoms with E-state index in [1.54, 1.807) is 24.7 Å². The summed E-state index contributed by atoms with van der Waals surface area (Å²) in [5, 5.41) is 5.48. The molecule has 3 aromatic rings. The Labute approximate surface area is 145 Å². The van der Waals surface area contributed by atoms with E-state index >= 15 is 0 Å². The minimum atomic E-state index is -0.308. The average Bonchev–Trinajstić information content (AvgIpc) is 2.68. The highest BCUT2D eigenvalue weighted by Gasteiger charge is 2.05. The first-order valence-corrected chi connectivity index (χ1v) is 7.66. The van der Waals surface area contributed by atoms with E-state index in [4.69, 9.17) is 4.74 Å². The molecule has 25 heavy (non-hydrogen) atoms. The van der Waals surface area contributed by atoms with Gasteiger partial charge in [0, 0.05) is 36.3 Å². The summed E-state index contributed by atoms with van der Waals surface area (Å²) >= 11 is 0. The predicted octanol–water partition coefficient (Wildman–Crippen LogP) is 2.87. The van der Waals surface area contributed by atoms with E-state index in [-0.39, 0.29) is 6.03 Å². The summed E-state index contributed by atoms with van der Waals surface area (Å²) in [6.07, 6.45) is 4.96. The summed E-state index contributed by atoms with van der Waals surface area (Å²) in [7, 11) is 1.51. The van der Waals surface area contributed by atoms with Gasteiger partial charge in [0.25, 0.3) is 0 Å². The number of nitrogens with zero attached hydrogens (tertiary/aromatic N) is 3. The van der Waals surface area contributed by atoms with Crippen molar-refractivity contribution in [3.63, 3.8) is 0 Å². The lowest BCUT2D eigenvalue weighted by atomic mass is 10.1. The molecule has 0 saturated heterocycles. The fourth-order valence-electron chi connectivity index (χ4n) is 2.15. The molecule has 2 N–H and O–H groups in total. The average molecular weight is 335 g/mol. The Bertz CT molecular complexity index is 820. The van der Waals surface area contributed by atoms with Crippen LogP contribution in [0.3, 0.4) is 0 Å². The number of amides is 2. The van der Waals surface area contributed by atoms with Crippen LogP contribution in [0, 0.1) is 0 Å². The molecular formula is C18H17N5O2. The molecule has 1 aromatic carbocycles. The van der Waals surface area contributed by atoms with Gasteiger partial charge < -0.3 is 10.1 Å². The molecule has 0 aliphatic heterocycles. The molecule has 2 amide bonds. The molecule has 0 aliphatic carbocycles. The zero-order valence-corrected chi connectivity index (χ0v) is 13.6. The van der Waals surface area contributed by atoms with E-state index < -0.39 is 0 Å². The fraction of sp³-hybridized carbons (Fsp3) is 0.111. The number of hydrogen-bond donors (Lipinski definition) is 2. The molecule has 2 aromatic heterocycles. The van der Waals surface area contributed by atoms with Crippen molar-refractivity contribution in [2.75, 3.05) is 12.4 Å². The zero-order chi connectivity index (χ0) is 17.5. The van der Waals surface area contributed by atoms with Gasteiger partial charge in [-0.15, -0.1) is 0 Å². The van der Waals surface area contributed by atoms with Gasteiger partial charge >= 0.3 is 12.0 Å². The summed E-state index contributed by atoms with van der Waals surface area (Å²) in [5.41, 5.74) is 2.69. The van der Waals surface area contributed by atoms with Crippen molar-refractivity contribution in [2.24, 2.45) is 0 Å². The van der Waals surface area contributed by atoms with Crippen LogP contribution in [0.2, 0.25) is 0 Å². The molecule has 7 nitrogen and oxygen atoms in total. The van der Waals surface area contributed by atoms with Crippen LogP contribution < -0.4 is 15.4 Å². The minimum Gasteiger partial charge on any atom is -0.467 e. The fourth-order valence-corrected chi connectivity index (χ4v) is 2.15. The van der Waals surface area contributed by atoms with Gasteiger partial charge in [0.2, 0.25) is 0 Å². The van der Waals surface area contributed by atoms with Crippen molar-refractivity contribution < 1.29 is 9.53 Å². The Kier molecular flexibility index (Phi) is 5.16. The van der Waals surface area contributed by atoms with Gasteiger partial charge in [-0.1, -0.05) is 30.3 Å². The van der Waals surface area contributed by atoms with E-state index in [2.05, 4.69) is 25.6 Å². The molecule has 126 valence electrons. The Morgan fingerprint density at radius 1 is 0.960 bits per heavy atom. The summed E-state index contributed by atoms with van der Waals surface area (Å²) in [6.45, 7) is 0.452. The van der Waals surface area contributed by atoms with Crippen LogP contribution in [0.25, 0.3) is 11.1 Å². The first kappa shape index (κ1) is 16.4. The van der Waals surface area contributed by atoms with E-state index in [1.165, 1.54) is 7.11 Å². The molecule has 0 saturated carbocycles. The Morgan fingerprint density at radius 2 is 1.68 bits per heavy atom. The van der Waals surface area contributed by atoms with Gasteiger partial charge in [-0.05, 0) is 17.7 Å². The molecule has 7 heteroatoms. The third-order valence-corrected chi connectivity index (χ3v) is 3.45. The molecule has 0 unspecified atom stereocenters. The highest BCUT2D eigenvalue weighted by Crippen LogP contribution is 2.18. The highest BCUT2D eigenvalue weighted by molar-refractivity contribution is 5.88. The molecule has 0 spiro atoms. The van der Waals surface area contributed by atoms with Gasteiger partial charge in [0.05, 0.1) is 7.11 Å². The van der Waals surface area contributed by atoms with E-state index in [0.717, 1.165) is 16.7 Å². The number of hydrogen-bond acceptors (Lipinski definition) is 5. The topological polar surface area (TPSA) is 89.0 Å². The maximum absolute atomic E-state index is 11.9. The van der Waals surface area contributed by atoms with Gasteiger partial charge in [-0.3, -0.25) is 5.32 Å². The van der Waals surface area contributed by atoms with Gasteiger partial charge in [0.1, 0.15) is 5.82 Å². The molecule has 3 rings (SSSR count). The number of ether oxygens (including phenoxy) is 1. The standard InChI is InChI=1S/C18H17N5O2/c1-25-18-21-11-15(12-22-18)14-7-8-16(19-10-14)23-17(24)20-9-13-5-3-2-4-6-13/h2-8,10-12H,9H2,1H3,(H2,19,20,23,24). The van der Waals surface area contributed by atoms with E-state index in [0.29, 0.717) is 18.4 Å². The number of rotatable bonds is 5. The van der Waals surface area contributed by atoms with Crippen LogP contribution in [-0.2, 0) is 6.54 Å². The molecule has 0 bridgehead atoms. The molecule has 0 radical (unpaired) electrons. The third kappa shape index (κ3) is 4.51. The minimum absolute atomic E-state index is 0.308. The number of benzene rings is 1. The first-order chi connectivity index (χ1) is 12.2. The number of pyridine rings is 1. The van der Waals surface area contributed by atoms with Crippen molar-refractivity contribution in [1.29, 1.82) is 0 Å². The van der Waals surface area contributed by atoms with Crippen molar-refractivity contribution in [2.45, 2.75) is 6.54 Å². The lowest BCUT2D eigenvalue weighted by molar-refractivity contribution is 0.251. The Balaban J connectivity index is 1.57. The molecule has 0 aliphatic rings. The van der Waals surface area contributed by atoms with Crippen molar-refractivity contribution in [1.82, 2.24) is 20.3 Å². The zero-order valence-electron chi connectivity index (χ0n) is 13.6. The predicted molar refractivity (Wildman–Crippen MR) is 94.1 cm³/mol. The van der Waals surface area contributed by atoms with Gasteiger partial charge in [0.15, 0.2) is 0 Å². The largest absolute Gasteiger partial charge is 0.467 e. The number of anilines is 1. The normalized spacial score (nSPS) is 10.1. The number of carbonyl (C=O) groups is 1. The summed E-state index contributed by atoms with van der Waals surface area (Å²) in [4.78, 5) is 24.3. The highest BCUT2D eigenvalue weighted by atomic mass is 16.5. The van der Waals surface area contributed by atoms with Crippen molar-refractivity contribution >= 4 is 11.8 Å². The number of nitrogens with one attached hydrogen (secondary N) is 2. The third-order valence-electron chi connectivity index (χ3n) is 3.45. The molecule has 0 fully saturated rings. The van der Waals surface area contributed by atoms with Crippen molar-refractivity contribution in [3.05, 3.63) is 66.6 Å². The van der Waals surface area contributed by atoms with Crippen LogP contribution in [0.15, 0.2) is 61.1 Å². The van der Waals surface area contributed by atoms with Gasteiger partial charge in [-0.2, -0.15) is 0 Å². The lowest BCUT2D eigenvalue weighted by Gasteiger charge is -2.08. The number of aromatic nitrogens is 3. The summed E-state index contributed by atoms with van der Waals surface area (Å²) < 4.78 is 4.93. The quantitative estimate of drug-likeness (QED) is 0.748. The molecular weight excluding hydrogens is 318 g/mol. The number of carbonyl (C=O) groups excluding carboxylic acids is 1. The lowest BCUT2D eigenvalue weighted by Crippen LogP contribution is -2.28. The van der Waals surface area contributed by atoms with E-state index in [1.807, 2.05) is 36.4 Å². The van der Waals surface area contributed by atoms with Crippen LogP contribution in [0.5, 0.6) is 6.01 Å². The number of urea groups is 1. The number of methoxy groups -OCH3 is 1. The maximum Gasteiger partial charge on any atom is 0.320 e. The Hall–Kier alpha value is -3.48. The van der Waals surface area contributed by atoms with Crippen LogP contribution >= 0.6 is 0 Å². The maximum atomic E-state index is 11.9. The van der Waals surface area contributed by atoms with E-state index in [9.17, 15) is 4.79 Å². The molecule has 2 heterocycles. The Morgan fingerprint density at radius 3 is 2.32 bits per heavy atom. The first-order valence-electron chi connectivity index (χ1n) is 7.66. The molecule has 0 atom stereocenters. The van der Waals surface area contributed by atoms with Crippen LogP contribution in [0.4, 0.5) is 10.6 Å². The second-order valence-electron chi connectivity index (χ2n) is 5.18. The van der Waals surface area contributed by atoms with Crippen LogP contribution in [-0.4, -0.2) is 28.1 Å². The van der Waals surface area contributed by atoms with Crippen molar-refractivity contribution in [3.8, 4) is 17.1 Å². The monoisotopic (exact) mass is 335 g/mol. The smallest absolute Gasteiger partial charge is 0.320 e. The second kappa shape index (κ2) is 7.87.